The lowest BCUT2D eigenvalue weighted by Gasteiger charge is -2.22. The molecular formula is C14H21N3O. The van der Waals surface area contributed by atoms with Gasteiger partial charge in [0.1, 0.15) is 0 Å². The molecule has 1 saturated carbocycles. The Morgan fingerprint density at radius 1 is 1.33 bits per heavy atom. The number of primary amides is 1. The fourth-order valence-electron chi connectivity index (χ4n) is 2.66. The molecule has 98 valence electrons. The predicted molar refractivity (Wildman–Crippen MR) is 74.3 cm³/mol. The number of amides is 1. The van der Waals surface area contributed by atoms with E-state index in [1.54, 1.807) is 18.2 Å². The summed E-state index contributed by atoms with van der Waals surface area (Å²) in [7, 11) is 0. The zero-order chi connectivity index (χ0) is 13.3. The Labute approximate surface area is 108 Å². The average Bonchev–Trinajstić information content (AvgIpc) is 2.61. The standard InChI is InChI=1S/C14H21N3O/c1-8-3-6-12(9(8)2)17-13-7-10(15)4-5-11(13)14(16)18/h4-5,7-9,12,17H,3,6,15H2,1-2H3,(H2,16,18). The summed E-state index contributed by atoms with van der Waals surface area (Å²) in [5.41, 5.74) is 13.1. The van der Waals surface area contributed by atoms with E-state index in [2.05, 4.69) is 19.2 Å². The van der Waals surface area contributed by atoms with Crippen LogP contribution in [-0.4, -0.2) is 11.9 Å². The Morgan fingerprint density at radius 3 is 2.61 bits per heavy atom. The number of nitrogens with two attached hydrogens (primary N) is 2. The second-order valence-corrected chi connectivity index (χ2v) is 5.33. The molecule has 0 aromatic heterocycles. The number of hydrogen-bond acceptors (Lipinski definition) is 3. The molecule has 1 aliphatic carbocycles. The molecule has 0 bridgehead atoms. The topological polar surface area (TPSA) is 81.1 Å². The molecule has 0 radical (unpaired) electrons. The molecule has 0 spiro atoms. The van der Waals surface area contributed by atoms with Gasteiger partial charge >= 0.3 is 0 Å². The van der Waals surface area contributed by atoms with Crippen LogP contribution in [0.15, 0.2) is 18.2 Å². The molecule has 3 unspecified atom stereocenters. The number of nitrogen functional groups attached to an aromatic ring is 1. The number of hydrogen-bond donors (Lipinski definition) is 3. The van der Waals surface area contributed by atoms with Crippen molar-refractivity contribution in [2.24, 2.45) is 17.6 Å². The molecule has 0 saturated heterocycles. The molecule has 1 amide bonds. The van der Waals surface area contributed by atoms with Crippen molar-refractivity contribution in [1.82, 2.24) is 0 Å². The van der Waals surface area contributed by atoms with E-state index in [4.69, 9.17) is 11.5 Å². The molecule has 4 heteroatoms. The molecule has 2 rings (SSSR count). The average molecular weight is 247 g/mol. The van der Waals surface area contributed by atoms with Gasteiger partial charge in [-0.1, -0.05) is 13.8 Å². The van der Waals surface area contributed by atoms with Crippen molar-refractivity contribution in [2.45, 2.75) is 32.7 Å². The van der Waals surface area contributed by atoms with E-state index in [0.29, 0.717) is 29.1 Å². The maximum Gasteiger partial charge on any atom is 0.250 e. The van der Waals surface area contributed by atoms with Crippen molar-refractivity contribution in [2.75, 3.05) is 11.1 Å². The smallest absolute Gasteiger partial charge is 0.250 e. The van der Waals surface area contributed by atoms with Gasteiger partial charge in [0.2, 0.25) is 0 Å². The van der Waals surface area contributed by atoms with Crippen LogP contribution in [0.2, 0.25) is 0 Å². The van der Waals surface area contributed by atoms with Crippen LogP contribution in [0.5, 0.6) is 0 Å². The van der Waals surface area contributed by atoms with Gasteiger partial charge in [-0.25, -0.2) is 0 Å². The predicted octanol–water partition coefficient (Wildman–Crippen LogP) is 2.21. The fourth-order valence-corrected chi connectivity index (χ4v) is 2.66. The molecule has 4 nitrogen and oxygen atoms in total. The monoisotopic (exact) mass is 247 g/mol. The highest BCUT2D eigenvalue weighted by atomic mass is 16.1. The lowest BCUT2D eigenvalue weighted by atomic mass is 9.97. The van der Waals surface area contributed by atoms with E-state index in [9.17, 15) is 4.79 Å². The van der Waals surface area contributed by atoms with Gasteiger partial charge in [0.15, 0.2) is 0 Å². The number of rotatable bonds is 3. The summed E-state index contributed by atoms with van der Waals surface area (Å²) >= 11 is 0. The Hall–Kier alpha value is -1.71. The van der Waals surface area contributed by atoms with Gasteiger partial charge in [0.25, 0.3) is 5.91 Å². The molecular weight excluding hydrogens is 226 g/mol. The van der Waals surface area contributed by atoms with Crippen molar-refractivity contribution >= 4 is 17.3 Å². The number of carbonyl (C=O) groups excluding carboxylic acids is 1. The van der Waals surface area contributed by atoms with E-state index < -0.39 is 5.91 Å². The van der Waals surface area contributed by atoms with Crippen LogP contribution < -0.4 is 16.8 Å². The zero-order valence-electron chi connectivity index (χ0n) is 10.9. The van der Waals surface area contributed by atoms with Gasteiger partial charge in [0, 0.05) is 17.4 Å². The molecule has 0 heterocycles. The van der Waals surface area contributed by atoms with Gasteiger partial charge in [-0.15, -0.1) is 0 Å². The quantitative estimate of drug-likeness (QED) is 0.716. The number of nitrogens with one attached hydrogen (secondary N) is 1. The summed E-state index contributed by atoms with van der Waals surface area (Å²) in [5, 5.41) is 3.43. The first-order chi connectivity index (χ1) is 8.49. The van der Waals surface area contributed by atoms with Crippen LogP contribution in [0.3, 0.4) is 0 Å². The summed E-state index contributed by atoms with van der Waals surface area (Å²) in [6, 6.07) is 5.56. The normalized spacial score (nSPS) is 27.1. The maximum absolute atomic E-state index is 11.4. The maximum atomic E-state index is 11.4. The van der Waals surface area contributed by atoms with Crippen molar-refractivity contribution < 1.29 is 4.79 Å². The molecule has 1 fully saturated rings. The zero-order valence-corrected chi connectivity index (χ0v) is 10.9. The van der Waals surface area contributed by atoms with Crippen molar-refractivity contribution in [3.05, 3.63) is 23.8 Å². The minimum Gasteiger partial charge on any atom is -0.399 e. The van der Waals surface area contributed by atoms with Crippen LogP contribution in [0.1, 0.15) is 37.0 Å². The SMILES string of the molecule is CC1CCC(Nc2cc(N)ccc2C(N)=O)C1C. The molecule has 1 aromatic rings. The molecule has 5 N–H and O–H groups in total. The Balaban J connectivity index is 2.23. The van der Waals surface area contributed by atoms with E-state index >= 15 is 0 Å². The number of benzene rings is 1. The number of carbonyl (C=O) groups is 1. The van der Waals surface area contributed by atoms with Gasteiger partial charge in [-0.2, -0.15) is 0 Å². The Morgan fingerprint density at radius 2 is 2.06 bits per heavy atom. The van der Waals surface area contributed by atoms with Crippen LogP contribution in [0, 0.1) is 11.8 Å². The van der Waals surface area contributed by atoms with E-state index in [1.807, 2.05) is 0 Å². The summed E-state index contributed by atoms with van der Waals surface area (Å²) in [5.74, 6) is 0.879. The summed E-state index contributed by atoms with van der Waals surface area (Å²) < 4.78 is 0. The second-order valence-electron chi connectivity index (χ2n) is 5.33. The lowest BCUT2D eigenvalue weighted by Crippen LogP contribution is -2.26. The summed E-state index contributed by atoms with van der Waals surface area (Å²) in [6.45, 7) is 4.51. The second kappa shape index (κ2) is 4.88. The van der Waals surface area contributed by atoms with Crippen molar-refractivity contribution in [1.29, 1.82) is 0 Å². The van der Waals surface area contributed by atoms with Crippen molar-refractivity contribution in [3.8, 4) is 0 Å². The van der Waals surface area contributed by atoms with Gasteiger partial charge < -0.3 is 16.8 Å². The van der Waals surface area contributed by atoms with Crippen molar-refractivity contribution in [3.63, 3.8) is 0 Å². The first-order valence-electron chi connectivity index (χ1n) is 6.45. The van der Waals surface area contributed by atoms with Crippen LogP contribution in [-0.2, 0) is 0 Å². The third-order valence-corrected chi connectivity index (χ3v) is 4.12. The third-order valence-electron chi connectivity index (χ3n) is 4.12. The third kappa shape index (κ3) is 2.42. The highest BCUT2D eigenvalue weighted by Gasteiger charge is 2.30. The van der Waals surface area contributed by atoms with Crippen LogP contribution in [0.25, 0.3) is 0 Å². The highest BCUT2D eigenvalue weighted by molar-refractivity contribution is 5.99. The minimum absolute atomic E-state index is 0.389. The highest BCUT2D eigenvalue weighted by Crippen LogP contribution is 2.34. The van der Waals surface area contributed by atoms with E-state index in [-0.39, 0.29) is 0 Å². The number of anilines is 2. The Kier molecular flexibility index (Phi) is 3.45. The summed E-state index contributed by atoms with van der Waals surface area (Å²) in [6.07, 6.45) is 2.34. The van der Waals surface area contributed by atoms with E-state index in [0.717, 1.165) is 12.1 Å². The molecule has 18 heavy (non-hydrogen) atoms. The first-order valence-corrected chi connectivity index (χ1v) is 6.45. The largest absolute Gasteiger partial charge is 0.399 e. The van der Waals surface area contributed by atoms with Crippen LogP contribution >= 0.6 is 0 Å². The molecule has 3 atom stereocenters. The Bertz CT molecular complexity index is 458. The lowest BCUT2D eigenvalue weighted by molar-refractivity contribution is 0.100. The van der Waals surface area contributed by atoms with Gasteiger partial charge in [-0.05, 0) is 42.9 Å². The van der Waals surface area contributed by atoms with Crippen LogP contribution in [0.4, 0.5) is 11.4 Å². The molecule has 1 aliphatic rings. The summed E-state index contributed by atoms with van der Waals surface area (Å²) in [4.78, 5) is 11.4. The fraction of sp³-hybridized carbons (Fsp3) is 0.500. The minimum atomic E-state index is -0.420. The van der Waals surface area contributed by atoms with Gasteiger partial charge in [0.05, 0.1) is 5.56 Å². The van der Waals surface area contributed by atoms with Gasteiger partial charge in [-0.3, -0.25) is 4.79 Å². The molecule has 0 aliphatic heterocycles. The van der Waals surface area contributed by atoms with E-state index in [1.165, 1.54) is 6.42 Å². The first kappa shape index (κ1) is 12.7. The molecule has 1 aromatic carbocycles.